The Morgan fingerprint density at radius 1 is 1.26 bits per heavy atom. The number of nitrogens with zero attached hydrogens (tertiary/aromatic N) is 1. The Hall–Kier alpha value is -2.64. The SMILES string of the molecule is O=C(C[C@@H]1CCCO1)Nc1cccc(C#Cc2ccccn2)c1. The fourth-order valence-electron chi connectivity index (χ4n) is 2.47. The van der Waals surface area contributed by atoms with Crippen LogP contribution in [0, 0.1) is 11.8 Å². The lowest BCUT2D eigenvalue weighted by Gasteiger charge is -2.09. The molecule has 2 aromatic rings. The van der Waals surface area contributed by atoms with Gasteiger partial charge >= 0.3 is 0 Å². The second kappa shape index (κ2) is 7.57. The average molecular weight is 306 g/mol. The Labute approximate surface area is 135 Å². The first kappa shape index (κ1) is 15.3. The number of amides is 1. The number of carbonyl (C=O) groups is 1. The average Bonchev–Trinajstić information content (AvgIpc) is 3.07. The van der Waals surface area contributed by atoms with Gasteiger partial charge in [0.1, 0.15) is 5.69 Å². The molecule has 4 nitrogen and oxygen atoms in total. The number of nitrogens with one attached hydrogen (secondary N) is 1. The minimum atomic E-state index is -0.0215. The lowest BCUT2D eigenvalue weighted by atomic mass is 10.1. The summed E-state index contributed by atoms with van der Waals surface area (Å²) >= 11 is 0. The highest BCUT2D eigenvalue weighted by molar-refractivity contribution is 5.91. The van der Waals surface area contributed by atoms with E-state index < -0.39 is 0 Å². The molecule has 0 radical (unpaired) electrons. The zero-order valence-corrected chi connectivity index (χ0v) is 12.8. The van der Waals surface area contributed by atoms with Crippen LogP contribution in [-0.4, -0.2) is 23.6 Å². The second-order valence-corrected chi connectivity index (χ2v) is 5.43. The third kappa shape index (κ3) is 4.67. The molecule has 0 unspecified atom stereocenters. The van der Waals surface area contributed by atoms with Crippen molar-refractivity contribution in [3.05, 3.63) is 59.9 Å². The van der Waals surface area contributed by atoms with E-state index in [2.05, 4.69) is 22.1 Å². The smallest absolute Gasteiger partial charge is 0.226 e. The van der Waals surface area contributed by atoms with Crippen LogP contribution in [0.25, 0.3) is 0 Å². The molecule has 1 aromatic carbocycles. The number of hydrogen-bond donors (Lipinski definition) is 1. The predicted molar refractivity (Wildman–Crippen MR) is 88.9 cm³/mol. The number of anilines is 1. The van der Waals surface area contributed by atoms with Gasteiger partial charge in [-0.05, 0) is 49.1 Å². The van der Waals surface area contributed by atoms with Gasteiger partial charge in [0.05, 0.1) is 12.5 Å². The monoisotopic (exact) mass is 306 g/mol. The molecule has 1 saturated heterocycles. The highest BCUT2D eigenvalue weighted by Crippen LogP contribution is 2.17. The largest absolute Gasteiger partial charge is 0.378 e. The summed E-state index contributed by atoms with van der Waals surface area (Å²) in [4.78, 5) is 16.2. The fraction of sp³-hybridized carbons (Fsp3) is 0.263. The third-order valence-corrected chi connectivity index (χ3v) is 3.58. The Bertz CT molecular complexity index is 726. The molecular formula is C19H18N2O2. The van der Waals surface area contributed by atoms with Crippen molar-refractivity contribution in [2.75, 3.05) is 11.9 Å². The molecule has 1 N–H and O–H groups in total. The summed E-state index contributed by atoms with van der Waals surface area (Å²) in [6.45, 7) is 0.760. The van der Waals surface area contributed by atoms with E-state index in [0.29, 0.717) is 6.42 Å². The summed E-state index contributed by atoms with van der Waals surface area (Å²) in [7, 11) is 0. The number of carbonyl (C=O) groups excluding carboxylic acids is 1. The van der Waals surface area contributed by atoms with E-state index in [0.717, 1.165) is 36.4 Å². The van der Waals surface area contributed by atoms with Crippen LogP contribution in [0.3, 0.4) is 0 Å². The second-order valence-electron chi connectivity index (χ2n) is 5.43. The molecule has 1 aromatic heterocycles. The number of benzene rings is 1. The number of aromatic nitrogens is 1. The zero-order chi connectivity index (χ0) is 15.9. The minimum absolute atomic E-state index is 0.0215. The third-order valence-electron chi connectivity index (χ3n) is 3.58. The highest BCUT2D eigenvalue weighted by atomic mass is 16.5. The molecule has 1 fully saturated rings. The molecule has 0 bridgehead atoms. The van der Waals surface area contributed by atoms with Crippen molar-refractivity contribution in [2.24, 2.45) is 0 Å². The van der Waals surface area contributed by atoms with Crippen LogP contribution in [0.1, 0.15) is 30.5 Å². The molecule has 0 spiro atoms. The zero-order valence-electron chi connectivity index (χ0n) is 12.8. The van der Waals surface area contributed by atoms with Gasteiger partial charge in [-0.25, -0.2) is 4.98 Å². The van der Waals surface area contributed by atoms with Gasteiger partial charge in [0.25, 0.3) is 0 Å². The van der Waals surface area contributed by atoms with Crippen LogP contribution in [0.15, 0.2) is 48.7 Å². The molecule has 4 heteroatoms. The summed E-state index contributed by atoms with van der Waals surface area (Å²) < 4.78 is 5.48. The highest BCUT2D eigenvalue weighted by Gasteiger charge is 2.18. The summed E-state index contributed by atoms with van der Waals surface area (Å²) in [5.74, 6) is 6.04. The molecule has 1 aliphatic heterocycles. The molecule has 0 aliphatic carbocycles. The van der Waals surface area contributed by atoms with Crippen molar-refractivity contribution in [3.63, 3.8) is 0 Å². The van der Waals surface area contributed by atoms with Gasteiger partial charge < -0.3 is 10.1 Å². The van der Waals surface area contributed by atoms with Crippen molar-refractivity contribution in [2.45, 2.75) is 25.4 Å². The van der Waals surface area contributed by atoms with Crippen LogP contribution in [-0.2, 0) is 9.53 Å². The summed E-state index contributed by atoms with van der Waals surface area (Å²) in [5.41, 5.74) is 2.31. The van der Waals surface area contributed by atoms with E-state index in [1.54, 1.807) is 6.20 Å². The van der Waals surface area contributed by atoms with Crippen LogP contribution in [0.5, 0.6) is 0 Å². The predicted octanol–water partition coefficient (Wildman–Crippen LogP) is 2.99. The summed E-state index contributed by atoms with van der Waals surface area (Å²) in [6.07, 6.45) is 4.18. The first-order chi connectivity index (χ1) is 11.3. The van der Waals surface area contributed by atoms with E-state index in [1.165, 1.54) is 0 Å². The molecule has 0 saturated carbocycles. The molecule has 23 heavy (non-hydrogen) atoms. The number of pyridine rings is 1. The molecule has 3 rings (SSSR count). The maximum atomic E-state index is 12.0. The van der Waals surface area contributed by atoms with Gasteiger partial charge in [-0.15, -0.1) is 0 Å². The van der Waals surface area contributed by atoms with Gasteiger partial charge in [-0.3, -0.25) is 4.79 Å². The van der Waals surface area contributed by atoms with E-state index >= 15 is 0 Å². The first-order valence-corrected chi connectivity index (χ1v) is 7.74. The topological polar surface area (TPSA) is 51.2 Å². The maximum Gasteiger partial charge on any atom is 0.226 e. The van der Waals surface area contributed by atoms with E-state index in [4.69, 9.17) is 4.74 Å². The Morgan fingerprint density at radius 3 is 3.00 bits per heavy atom. The van der Waals surface area contributed by atoms with Crippen LogP contribution >= 0.6 is 0 Å². The summed E-state index contributed by atoms with van der Waals surface area (Å²) in [5, 5.41) is 2.91. The quantitative estimate of drug-likeness (QED) is 0.887. The lowest BCUT2D eigenvalue weighted by Crippen LogP contribution is -2.19. The number of hydrogen-bond acceptors (Lipinski definition) is 3. The molecular weight excluding hydrogens is 288 g/mol. The maximum absolute atomic E-state index is 12.0. The first-order valence-electron chi connectivity index (χ1n) is 7.74. The van der Waals surface area contributed by atoms with Crippen LogP contribution in [0.2, 0.25) is 0 Å². The molecule has 1 amide bonds. The molecule has 116 valence electrons. The van der Waals surface area contributed by atoms with E-state index in [-0.39, 0.29) is 12.0 Å². The Morgan fingerprint density at radius 2 is 2.22 bits per heavy atom. The van der Waals surface area contributed by atoms with Gasteiger partial charge in [-0.2, -0.15) is 0 Å². The van der Waals surface area contributed by atoms with Gasteiger partial charge in [0.2, 0.25) is 5.91 Å². The van der Waals surface area contributed by atoms with Crippen molar-refractivity contribution >= 4 is 11.6 Å². The molecule has 2 heterocycles. The van der Waals surface area contributed by atoms with Crippen molar-refractivity contribution in [1.29, 1.82) is 0 Å². The summed E-state index contributed by atoms with van der Waals surface area (Å²) in [6, 6.07) is 13.1. The van der Waals surface area contributed by atoms with E-state index in [1.807, 2.05) is 42.5 Å². The van der Waals surface area contributed by atoms with Crippen molar-refractivity contribution < 1.29 is 9.53 Å². The van der Waals surface area contributed by atoms with Gasteiger partial charge in [-0.1, -0.05) is 18.1 Å². The van der Waals surface area contributed by atoms with Crippen molar-refractivity contribution in [1.82, 2.24) is 4.98 Å². The molecule has 1 aliphatic rings. The van der Waals surface area contributed by atoms with Crippen molar-refractivity contribution in [3.8, 4) is 11.8 Å². The van der Waals surface area contributed by atoms with Crippen LogP contribution < -0.4 is 5.32 Å². The normalized spacial score (nSPS) is 16.4. The minimum Gasteiger partial charge on any atom is -0.378 e. The fourth-order valence-corrected chi connectivity index (χ4v) is 2.47. The van der Waals surface area contributed by atoms with Gasteiger partial charge in [0.15, 0.2) is 0 Å². The number of rotatable bonds is 3. The lowest BCUT2D eigenvalue weighted by molar-refractivity contribution is -0.118. The van der Waals surface area contributed by atoms with E-state index in [9.17, 15) is 4.79 Å². The Balaban J connectivity index is 1.63. The number of ether oxygens (including phenoxy) is 1. The van der Waals surface area contributed by atoms with Crippen LogP contribution in [0.4, 0.5) is 5.69 Å². The standard InChI is InChI=1S/C19H18N2O2/c22-19(14-18-8-4-12-23-18)21-17-7-3-5-15(13-17)9-10-16-6-1-2-11-20-16/h1-3,5-7,11,13,18H,4,8,12,14H2,(H,21,22)/t18-/m0/s1. The van der Waals surface area contributed by atoms with Gasteiger partial charge in [0, 0.05) is 24.1 Å². The Kier molecular flexibility index (Phi) is 5.02. The molecule has 1 atom stereocenters.